The molecular weight excluding hydrogens is 346 g/mol. The minimum absolute atomic E-state index is 0.771. The summed E-state index contributed by atoms with van der Waals surface area (Å²) in [7, 11) is 0. The quantitative estimate of drug-likeness (QED) is 0.738. The molecule has 2 aliphatic rings. The van der Waals surface area contributed by atoms with Gasteiger partial charge < -0.3 is 10.2 Å². The second-order valence-electron chi connectivity index (χ2n) is 8.25. The highest BCUT2D eigenvalue weighted by Crippen LogP contribution is 2.36. The van der Waals surface area contributed by atoms with Crippen molar-refractivity contribution in [2.45, 2.75) is 44.9 Å². The maximum Gasteiger partial charge on any atom is 0.157 e. The Labute approximate surface area is 166 Å². The molecule has 2 aromatic heterocycles. The normalized spacial score (nSPS) is 17.5. The first-order valence-corrected chi connectivity index (χ1v) is 10.8. The molecule has 3 aromatic rings. The highest BCUT2D eigenvalue weighted by Gasteiger charge is 2.25. The van der Waals surface area contributed by atoms with E-state index in [1.54, 1.807) is 4.90 Å². The van der Waals surface area contributed by atoms with Crippen molar-refractivity contribution in [2.24, 2.45) is 0 Å². The van der Waals surface area contributed by atoms with Gasteiger partial charge in [-0.25, -0.2) is 4.98 Å². The number of fused-ring (bicyclic) bond motifs is 4. The summed E-state index contributed by atoms with van der Waals surface area (Å²) >= 11 is 0. The molecule has 3 heterocycles. The lowest BCUT2D eigenvalue weighted by molar-refractivity contribution is -0.897. The monoisotopic (exact) mass is 374 g/mol. The van der Waals surface area contributed by atoms with Crippen LogP contribution < -0.4 is 10.2 Å². The number of hydrogen-bond acceptors (Lipinski definition) is 3. The minimum Gasteiger partial charge on any atom is -0.365 e. The highest BCUT2D eigenvalue weighted by atomic mass is 15.2. The Morgan fingerprint density at radius 1 is 1.04 bits per heavy atom. The molecule has 0 atom stereocenters. The standard InChI is InChI=1S/C23H27N5/c24-16-19-17-8-7-9-18(17)22(25-12-15-27-13-5-1-2-6-14-27)28-21-11-4-3-10-20(21)26-23(19)28/h3-4,10-11,25H,1-2,5-9,12-15H2/p+1. The Hall–Kier alpha value is -2.58. The number of anilines is 1. The van der Waals surface area contributed by atoms with E-state index < -0.39 is 0 Å². The summed E-state index contributed by atoms with van der Waals surface area (Å²) in [5, 5.41) is 13.6. The van der Waals surface area contributed by atoms with Gasteiger partial charge >= 0.3 is 0 Å². The lowest BCUT2D eigenvalue weighted by Gasteiger charge is -2.20. The summed E-state index contributed by atoms with van der Waals surface area (Å²) in [5.41, 5.74) is 6.19. The third-order valence-electron chi connectivity index (χ3n) is 6.51. The average Bonchev–Trinajstić information content (AvgIpc) is 3.26. The number of rotatable bonds is 4. The van der Waals surface area contributed by atoms with E-state index in [-0.39, 0.29) is 0 Å². The van der Waals surface area contributed by atoms with Crippen molar-refractivity contribution in [1.82, 2.24) is 9.38 Å². The summed E-state index contributed by atoms with van der Waals surface area (Å²) in [4.78, 5) is 6.55. The van der Waals surface area contributed by atoms with Gasteiger partial charge in [-0.3, -0.25) is 4.40 Å². The molecule has 0 saturated carbocycles. The first-order chi connectivity index (χ1) is 13.9. The number of quaternary nitrogens is 1. The van der Waals surface area contributed by atoms with Gasteiger partial charge in [0.1, 0.15) is 11.9 Å². The van der Waals surface area contributed by atoms with Gasteiger partial charge in [0.25, 0.3) is 0 Å². The molecule has 5 heteroatoms. The molecule has 2 N–H and O–H groups in total. The van der Waals surface area contributed by atoms with Crippen molar-refractivity contribution in [3.05, 3.63) is 41.0 Å². The predicted molar refractivity (Wildman–Crippen MR) is 112 cm³/mol. The number of nitrogens with one attached hydrogen (secondary N) is 2. The Kier molecular flexibility index (Phi) is 4.66. The van der Waals surface area contributed by atoms with Crippen LogP contribution in [0.15, 0.2) is 24.3 Å². The smallest absolute Gasteiger partial charge is 0.157 e. The van der Waals surface area contributed by atoms with Gasteiger partial charge in [-0.2, -0.15) is 5.26 Å². The predicted octanol–water partition coefficient (Wildman–Crippen LogP) is 2.72. The van der Waals surface area contributed by atoms with Crippen LogP contribution in [-0.2, 0) is 12.8 Å². The van der Waals surface area contributed by atoms with Crippen molar-refractivity contribution >= 4 is 22.5 Å². The van der Waals surface area contributed by atoms with E-state index in [0.717, 1.165) is 54.6 Å². The molecule has 0 amide bonds. The van der Waals surface area contributed by atoms with Gasteiger partial charge in [0.15, 0.2) is 5.65 Å². The van der Waals surface area contributed by atoms with Crippen LogP contribution in [0.25, 0.3) is 16.7 Å². The van der Waals surface area contributed by atoms with Crippen LogP contribution >= 0.6 is 0 Å². The Morgan fingerprint density at radius 2 is 1.82 bits per heavy atom. The van der Waals surface area contributed by atoms with Crippen LogP contribution in [0.1, 0.15) is 48.8 Å². The fourth-order valence-electron chi connectivity index (χ4n) is 5.11. The molecule has 5 nitrogen and oxygen atoms in total. The molecule has 0 unspecified atom stereocenters. The maximum absolute atomic E-state index is 9.86. The van der Waals surface area contributed by atoms with Crippen LogP contribution in [0.2, 0.25) is 0 Å². The Morgan fingerprint density at radius 3 is 2.64 bits per heavy atom. The minimum atomic E-state index is 0.771. The highest BCUT2D eigenvalue weighted by molar-refractivity contribution is 5.86. The van der Waals surface area contributed by atoms with E-state index in [0.29, 0.717) is 0 Å². The first kappa shape index (κ1) is 17.5. The van der Waals surface area contributed by atoms with Crippen LogP contribution in [0.5, 0.6) is 0 Å². The van der Waals surface area contributed by atoms with Crippen molar-refractivity contribution < 1.29 is 4.90 Å². The summed E-state index contributed by atoms with van der Waals surface area (Å²) in [6, 6.07) is 10.7. The van der Waals surface area contributed by atoms with E-state index in [9.17, 15) is 5.26 Å². The topological polar surface area (TPSA) is 57.6 Å². The number of imidazole rings is 1. The molecule has 1 fully saturated rings. The lowest BCUT2D eigenvalue weighted by atomic mass is 10.1. The van der Waals surface area contributed by atoms with E-state index in [4.69, 9.17) is 4.98 Å². The Bertz CT molecular complexity index is 1050. The molecule has 144 valence electrons. The first-order valence-electron chi connectivity index (χ1n) is 10.8. The van der Waals surface area contributed by atoms with Gasteiger partial charge in [-0.15, -0.1) is 0 Å². The van der Waals surface area contributed by atoms with Crippen molar-refractivity contribution in [3.8, 4) is 6.07 Å². The van der Waals surface area contributed by atoms with Crippen LogP contribution in [0.4, 0.5) is 5.82 Å². The summed E-state index contributed by atoms with van der Waals surface area (Å²) in [5.74, 6) is 1.17. The number of benzene rings is 1. The number of nitrogens with zero attached hydrogens (tertiary/aromatic N) is 3. The van der Waals surface area contributed by atoms with E-state index in [2.05, 4.69) is 27.9 Å². The fraction of sp³-hybridized carbons (Fsp3) is 0.478. The molecule has 28 heavy (non-hydrogen) atoms. The third kappa shape index (κ3) is 2.93. The largest absolute Gasteiger partial charge is 0.365 e. The second kappa shape index (κ2) is 7.44. The van der Waals surface area contributed by atoms with Gasteiger partial charge in [-0.05, 0) is 68.2 Å². The number of hydrogen-bond donors (Lipinski definition) is 2. The number of nitriles is 1. The zero-order valence-corrected chi connectivity index (χ0v) is 16.4. The SMILES string of the molecule is N#Cc1c2c(c(NCC[NH+]3CCCCCC3)n3c1nc1ccccc13)CCC2. The number of aromatic nitrogens is 2. The van der Waals surface area contributed by atoms with E-state index in [1.165, 1.54) is 55.7 Å². The number of pyridine rings is 1. The molecular formula is C23H28N5+. The van der Waals surface area contributed by atoms with Gasteiger partial charge in [0, 0.05) is 0 Å². The number of para-hydroxylation sites is 2. The molecule has 1 aromatic carbocycles. The third-order valence-corrected chi connectivity index (χ3v) is 6.51. The van der Waals surface area contributed by atoms with Gasteiger partial charge in [0.2, 0.25) is 0 Å². The fourth-order valence-corrected chi connectivity index (χ4v) is 5.11. The molecule has 1 aliphatic carbocycles. The summed E-state index contributed by atoms with van der Waals surface area (Å²) < 4.78 is 2.20. The average molecular weight is 375 g/mol. The van der Waals surface area contributed by atoms with E-state index in [1.807, 2.05) is 12.1 Å². The van der Waals surface area contributed by atoms with Crippen LogP contribution in [-0.4, -0.2) is 35.6 Å². The van der Waals surface area contributed by atoms with Gasteiger partial charge in [-0.1, -0.05) is 12.1 Å². The van der Waals surface area contributed by atoms with Crippen molar-refractivity contribution in [3.63, 3.8) is 0 Å². The van der Waals surface area contributed by atoms with Crippen molar-refractivity contribution in [2.75, 3.05) is 31.5 Å². The number of likely N-dealkylation sites (tertiary alicyclic amines) is 1. The summed E-state index contributed by atoms with van der Waals surface area (Å²) in [6.45, 7) is 4.73. The van der Waals surface area contributed by atoms with Crippen LogP contribution in [0.3, 0.4) is 0 Å². The van der Waals surface area contributed by atoms with Crippen LogP contribution in [0, 0.1) is 11.3 Å². The molecule has 0 bridgehead atoms. The lowest BCUT2D eigenvalue weighted by Crippen LogP contribution is -3.12. The van der Waals surface area contributed by atoms with E-state index >= 15 is 0 Å². The second-order valence-corrected chi connectivity index (χ2v) is 8.25. The maximum atomic E-state index is 9.86. The zero-order chi connectivity index (χ0) is 18.9. The molecule has 1 aliphatic heterocycles. The Balaban J connectivity index is 1.54. The zero-order valence-electron chi connectivity index (χ0n) is 16.4. The van der Waals surface area contributed by atoms with Crippen molar-refractivity contribution in [1.29, 1.82) is 5.26 Å². The molecule has 0 radical (unpaired) electrons. The summed E-state index contributed by atoms with van der Waals surface area (Å²) in [6.07, 6.45) is 8.66. The molecule has 1 saturated heterocycles. The van der Waals surface area contributed by atoms with Gasteiger partial charge in [0.05, 0.1) is 42.8 Å². The molecule has 5 rings (SSSR count). The molecule has 0 spiro atoms.